The molecule has 2 heterocycles. The fraction of sp³-hybridized carbons (Fsp3) is 0.0714. The van der Waals surface area contributed by atoms with E-state index in [0.717, 1.165) is 26.0 Å². The molecule has 0 aliphatic carbocycles. The van der Waals surface area contributed by atoms with E-state index in [-0.39, 0.29) is 0 Å². The van der Waals surface area contributed by atoms with E-state index < -0.39 is 0 Å². The molecule has 0 saturated heterocycles. The zero-order chi connectivity index (χ0) is 13.2. The lowest BCUT2D eigenvalue weighted by Crippen LogP contribution is -1.87. The first-order chi connectivity index (χ1) is 9.26. The SMILES string of the molecule is Cc1csc(Sc2cc(C#N)c3ccccc3n2)n1. The van der Waals surface area contributed by atoms with Crippen LogP contribution in [0.4, 0.5) is 0 Å². The zero-order valence-electron chi connectivity index (χ0n) is 10.1. The Kier molecular flexibility index (Phi) is 3.20. The molecule has 0 fully saturated rings. The minimum atomic E-state index is 0.654. The van der Waals surface area contributed by atoms with Crippen LogP contribution in [-0.2, 0) is 0 Å². The van der Waals surface area contributed by atoms with Gasteiger partial charge in [-0.2, -0.15) is 5.26 Å². The number of nitriles is 1. The molecule has 0 aliphatic rings. The molecule has 19 heavy (non-hydrogen) atoms. The second-order valence-electron chi connectivity index (χ2n) is 3.99. The number of para-hydroxylation sites is 1. The average Bonchev–Trinajstić information content (AvgIpc) is 2.83. The van der Waals surface area contributed by atoms with E-state index in [2.05, 4.69) is 16.0 Å². The fourth-order valence-electron chi connectivity index (χ4n) is 1.76. The standard InChI is InChI=1S/C14H9N3S2/c1-9-8-18-14(16-9)19-13-6-10(7-15)11-4-2-3-5-12(11)17-13/h2-6,8H,1H3. The maximum Gasteiger partial charge on any atom is 0.156 e. The number of thiazole rings is 1. The average molecular weight is 283 g/mol. The Morgan fingerprint density at radius 2 is 2.11 bits per heavy atom. The van der Waals surface area contributed by atoms with Crippen molar-refractivity contribution in [3.8, 4) is 6.07 Å². The molecule has 3 aromatic rings. The number of hydrogen-bond acceptors (Lipinski definition) is 5. The maximum absolute atomic E-state index is 9.23. The van der Waals surface area contributed by atoms with Crippen LogP contribution in [0.3, 0.4) is 0 Å². The Bertz CT molecular complexity index is 787. The predicted octanol–water partition coefficient (Wildman–Crippen LogP) is 4.02. The minimum Gasteiger partial charge on any atom is -0.241 e. The quantitative estimate of drug-likeness (QED) is 0.712. The van der Waals surface area contributed by atoms with Crippen molar-refractivity contribution in [2.45, 2.75) is 16.3 Å². The van der Waals surface area contributed by atoms with E-state index in [1.165, 1.54) is 11.8 Å². The number of aryl methyl sites for hydroxylation is 1. The van der Waals surface area contributed by atoms with Crippen molar-refractivity contribution < 1.29 is 0 Å². The molecule has 0 saturated carbocycles. The summed E-state index contributed by atoms with van der Waals surface area (Å²) in [6.07, 6.45) is 0. The van der Waals surface area contributed by atoms with Gasteiger partial charge in [-0.25, -0.2) is 9.97 Å². The Labute approximate surface area is 118 Å². The van der Waals surface area contributed by atoms with Gasteiger partial charge in [0.2, 0.25) is 0 Å². The van der Waals surface area contributed by atoms with Crippen LogP contribution in [0.5, 0.6) is 0 Å². The smallest absolute Gasteiger partial charge is 0.156 e. The number of rotatable bonds is 2. The highest BCUT2D eigenvalue weighted by Gasteiger charge is 2.08. The molecule has 92 valence electrons. The molecule has 5 heteroatoms. The van der Waals surface area contributed by atoms with Gasteiger partial charge in [0, 0.05) is 16.5 Å². The van der Waals surface area contributed by atoms with Crippen LogP contribution < -0.4 is 0 Å². The number of aromatic nitrogens is 2. The number of benzene rings is 1. The van der Waals surface area contributed by atoms with E-state index in [1.54, 1.807) is 11.3 Å². The van der Waals surface area contributed by atoms with Crippen molar-refractivity contribution in [1.29, 1.82) is 5.26 Å². The summed E-state index contributed by atoms with van der Waals surface area (Å²) in [6.45, 7) is 1.97. The molecule has 0 radical (unpaired) electrons. The number of hydrogen-bond donors (Lipinski definition) is 0. The summed E-state index contributed by atoms with van der Waals surface area (Å²) in [7, 11) is 0. The van der Waals surface area contributed by atoms with E-state index >= 15 is 0 Å². The van der Waals surface area contributed by atoms with Crippen molar-refractivity contribution in [3.05, 3.63) is 47.0 Å². The molecular weight excluding hydrogens is 274 g/mol. The van der Waals surface area contributed by atoms with Gasteiger partial charge in [0.1, 0.15) is 5.03 Å². The van der Waals surface area contributed by atoms with E-state index in [0.29, 0.717) is 5.56 Å². The van der Waals surface area contributed by atoms with Crippen molar-refractivity contribution in [2.24, 2.45) is 0 Å². The highest BCUT2D eigenvalue weighted by atomic mass is 32.2. The predicted molar refractivity (Wildman–Crippen MR) is 77.4 cm³/mol. The highest BCUT2D eigenvalue weighted by molar-refractivity contribution is 8.01. The van der Waals surface area contributed by atoms with Crippen molar-refractivity contribution in [3.63, 3.8) is 0 Å². The summed E-state index contributed by atoms with van der Waals surface area (Å²) in [5, 5.41) is 12.9. The highest BCUT2D eigenvalue weighted by Crippen LogP contribution is 2.31. The number of fused-ring (bicyclic) bond motifs is 1. The van der Waals surface area contributed by atoms with Crippen LogP contribution >= 0.6 is 23.1 Å². The van der Waals surface area contributed by atoms with Crippen LogP contribution in [0.1, 0.15) is 11.3 Å². The molecule has 0 amide bonds. The first-order valence-electron chi connectivity index (χ1n) is 5.66. The Morgan fingerprint density at radius 1 is 1.26 bits per heavy atom. The first kappa shape index (κ1) is 12.2. The van der Waals surface area contributed by atoms with Gasteiger partial charge in [0.15, 0.2) is 4.34 Å². The lowest BCUT2D eigenvalue weighted by Gasteiger charge is -2.03. The van der Waals surface area contributed by atoms with Gasteiger partial charge in [0.25, 0.3) is 0 Å². The summed E-state index contributed by atoms with van der Waals surface area (Å²) in [4.78, 5) is 8.97. The summed E-state index contributed by atoms with van der Waals surface area (Å²) >= 11 is 3.09. The third-order valence-electron chi connectivity index (χ3n) is 2.60. The van der Waals surface area contributed by atoms with E-state index in [1.807, 2.05) is 42.6 Å². The molecule has 0 spiro atoms. The van der Waals surface area contributed by atoms with Gasteiger partial charge in [0.05, 0.1) is 17.1 Å². The minimum absolute atomic E-state index is 0.654. The lowest BCUT2D eigenvalue weighted by molar-refractivity contribution is 1.13. The second-order valence-corrected chi connectivity index (χ2v) is 6.12. The third-order valence-corrected chi connectivity index (χ3v) is 4.58. The fourth-order valence-corrected chi connectivity index (χ4v) is 3.57. The maximum atomic E-state index is 9.23. The van der Waals surface area contributed by atoms with Crippen LogP contribution in [0.25, 0.3) is 10.9 Å². The van der Waals surface area contributed by atoms with E-state index in [4.69, 9.17) is 0 Å². The van der Waals surface area contributed by atoms with Gasteiger partial charge < -0.3 is 0 Å². The number of pyridine rings is 1. The third kappa shape index (κ3) is 2.46. The summed E-state index contributed by atoms with van der Waals surface area (Å²) in [6, 6.07) is 11.7. The Morgan fingerprint density at radius 3 is 2.84 bits per heavy atom. The largest absolute Gasteiger partial charge is 0.241 e. The topological polar surface area (TPSA) is 49.6 Å². The van der Waals surface area contributed by atoms with Gasteiger partial charge >= 0.3 is 0 Å². The van der Waals surface area contributed by atoms with Crippen molar-refractivity contribution in [2.75, 3.05) is 0 Å². The molecule has 2 aromatic heterocycles. The summed E-state index contributed by atoms with van der Waals surface area (Å²) < 4.78 is 0.948. The molecular formula is C14H9N3S2. The van der Waals surface area contributed by atoms with Crippen LogP contribution in [0.15, 0.2) is 45.1 Å². The number of nitrogens with zero attached hydrogens (tertiary/aromatic N) is 3. The lowest BCUT2D eigenvalue weighted by atomic mass is 10.1. The van der Waals surface area contributed by atoms with Gasteiger partial charge in [-0.15, -0.1) is 11.3 Å². The molecule has 0 atom stereocenters. The second kappa shape index (κ2) is 5.00. The summed E-state index contributed by atoms with van der Waals surface area (Å²) in [5.41, 5.74) is 2.51. The normalized spacial score (nSPS) is 10.5. The van der Waals surface area contributed by atoms with Gasteiger partial charge in [-0.1, -0.05) is 18.2 Å². The summed E-state index contributed by atoms with van der Waals surface area (Å²) in [5.74, 6) is 0. The first-order valence-corrected chi connectivity index (χ1v) is 7.36. The Balaban J connectivity index is 2.07. The zero-order valence-corrected chi connectivity index (χ0v) is 11.8. The molecule has 3 nitrogen and oxygen atoms in total. The molecule has 0 N–H and O–H groups in total. The van der Waals surface area contributed by atoms with Crippen LogP contribution in [-0.4, -0.2) is 9.97 Å². The monoisotopic (exact) mass is 283 g/mol. The molecule has 0 unspecified atom stereocenters. The van der Waals surface area contributed by atoms with Crippen molar-refractivity contribution >= 4 is 34.0 Å². The molecule has 0 aliphatic heterocycles. The van der Waals surface area contributed by atoms with E-state index in [9.17, 15) is 5.26 Å². The van der Waals surface area contributed by atoms with Crippen LogP contribution in [0, 0.1) is 18.3 Å². The molecule has 0 bridgehead atoms. The van der Waals surface area contributed by atoms with Crippen LogP contribution in [0.2, 0.25) is 0 Å². The van der Waals surface area contributed by atoms with Gasteiger partial charge in [-0.05, 0) is 30.8 Å². The molecule has 1 aromatic carbocycles. The van der Waals surface area contributed by atoms with Gasteiger partial charge in [-0.3, -0.25) is 0 Å². The molecule has 3 rings (SSSR count). The Hall–Kier alpha value is -1.90. The van der Waals surface area contributed by atoms with Crippen molar-refractivity contribution in [1.82, 2.24) is 9.97 Å².